The molecule has 1 aliphatic rings. The lowest BCUT2D eigenvalue weighted by Crippen LogP contribution is -2.64. The molecule has 1 aliphatic heterocycles. The molecular formula is C15H29F3N2. The minimum absolute atomic E-state index is 0.0183. The molecule has 0 aliphatic carbocycles. The lowest BCUT2D eigenvalue weighted by atomic mass is 9.88. The normalized spacial score (nSPS) is 30.4. The van der Waals surface area contributed by atoms with Crippen molar-refractivity contribution in [2.24, 2.45) is 5.92 Å². The van der Waals surface area contributed by atoms with Crippen LogP contribution in [0.25, 0.3) is 0 Å². The van der Waals surface area contributed by atoms with E-state index in [1.807, 2.05) is 0 Å². The molecule has 0 amide bonds. The van der Waals surface area contributed by atoms with Gasteiger partial charge in [0.1, 0.15) is 0 Å². The maximum absolute atomic E-state index is 12.3. The molecule has 3 atom stereocenters. The molecule has 1 fully saturated rings. The van der Waals surface area contributed by atoms with Gasteiger partial charge in [-0.05, 0) is 32.2 Å². The average molecular weight is 294 g/mol. The highest BCUT2D eigenvalue weighted by Gasteiger charge is 2.37. The van der Waals surface area contributed by atoms with Crippen LogP contribution in [0.5, 0.6) is 0 Å². The Labute approximate surface area is 121 Å². The van der Waals surface area contributed by atoms with Crippen LogP contribution in [0.4, 0.5) is 13.2 Å². The van der Waals surface area contributed by atoms with Gasteiger partial charge in [-0.25, -0.2) is 0 Å². The molecule has 1 heterocycles. The van der Waals surface area contributed by atoms with Crippen molar-refractivity contribution in [3.8, 4) is 0 Å². The molecule has 0 aromatic carbocycles. The predicted molar refractivity (Wildman–Crippen MR) is 76.8 cm³/mol. The van der Waals surface area contributed by atoms with Crippen molar-refractivity contribution in [1.29, 1.82) is 0 Å². The molecule has 0 aromatic rings. The van der Waals surface area contributed by atoms with Crippen molar-refractivity contribution in [3.05, 3.63) is 0 Å². The summed E-state index contributed by atoms with van der Waals surface area (Å²) in [6, 6.07) is 0.394. The average Bonchev–Trinajstić information content (AvgIpc) is 2.38. The molecule has 0 bridgehead atoms. The van der Waals surface area contributed by atoms with E-state index in [0.717, 1.165) is 25.9 Å². The van der Waals surface area contributed by atoms with Gasteiger partial charge >= 0.3 is 6.18 Å². The second kappa shape index (κ2) is 7.12. The minimum Gasteiger partial charge on any atom is -0.311 e. The zero-order valence-corrected chi connectivity index (χ0v) is 13.2. The summed E-state index contributed by atoms with van der Waals surface area (Å²) in [6.45, 7) is 10.9. The van der Waals surface area contributed by atoms with Crippen molar-refractivity contribution < 1.29 is 13.2 Å². The number of alkyl halides is 3. The number of hydrogen-bond acceptors (Lipinski definition) is 2. The van der Waals surface area contributed by atoms with E-state index in [9.17, 15) is 13.2 Å². The Hall–Kier alpha value is -0.290. The lowest BCUT2D eigenvalue weighted by molar-refractivity contribution is -0.137. The van der Waals surface area contributed by atoms with E-state index in [0.29, 0.717) is 18.5 Å². The molecule has 20 heavy (non-hydrogen) atoms. The van der Waals surface area contributed by atoms with E-state index >= 15 is 0 Å². The van der Waals surface area contributed by atoms with Gasteiger partial charge in [0, 0.05) is 31.1 Å². The van der Waals surface area contributed by atoms with E-state index < -0.39 is 12.6 Å². The Balaban J connectivity index is 2.60. The number of rotatable bonds is 6. The van der Waals surface area contributed by atoms with Crippen LogP contribution in [0.2, 0.25) is 0 Å². The topological polar surface area (TPSA) is 15.3 Å². The minimum atomic E-state index is -4.03. The fourth-order valence-electron chi connectivity index (χ4n) is 2.83. The fourth-order valence-corrected chi connectivity index (χ4v) is 2.83. The van der Waals surface area contributed by atoms with E-state index in [1.165, 1.54) is 0 Å². The molecule has 3 unspecified atom stereocenters. The molecular weight excluding hydrogens is 265 g/mol. The first-order valence-corrected chi connectivity index (χ1v) is 7.77. The Morgan fingerprint density at radius 3 is 2.50 bits per heavy atom. The smallest absolute Gasteiger partial charge is 0.311 e. The molecule has 0 radical (unpaired) electrons. The molecule has 0 saturated carbocycles. The summed E-state index contributed by atoms with van der Waals surface area (Å²) in [5.41, 5.74) is -0.0183. The predicted octanol–water partition coefficient (Wildman–Crippen LogP) is 3.82. The molecule has 5 heteroatoms. The Kier molecular flexibility index (Phi) is 6.32. The highest BCUT2D eigenvalue weighted by molar-refractivity contribution is 4.96. The number of nitrogens with one attached hydrogen (secondary N) is 1. The fraction of sp³-hybridized carbons (Fsp3) is 1.00. The van der Waals surface area contributed by atoms with Crippen molar-refractivity contribution in [1.82, 2.24) is 10.2 Å². The van der Waals surface area contributed by atoms with E-state index in [1.54, 1.807) is 0 Å². The van der Waals surface area contributed by atoms with Gasteiger partial charge in [0.15, 0.2) is 0 Å². The second-order valence-electron chi connectivity index (χ2n) is 6.39. The summed E-state index contributed by atoms with van der Waals surface area (Å²) in [4.78, 5) is 2.27. The number of piperazine rings is 1. The first kappa shape index (κ1) is 17.8. The summed E-state index contributed by atoms with van der Waals surface area (Å²) in [6.07, 6.45) is -2.46. The largest absolute Gasteiger partial charge is 0.389 e. The van der Waals surface area contributed by atoms with Gasteiger partial charge in [0.05, 0.1) is 0 Å². The third-order valence-corrected chi connectivity index (χ3v) is 4.91. The number of halogens is 3. The zero-order valence-electron chi connectivity index (χ0n) is 13.2. The quantitative estimate of drug-likeness (QED) is 0.801. The summed E-state index contributed by atoms with van der Waals surface area (Å²) < 4.78 is 36.9. The van der Waals surface area contributed by atoms with Crippen LogP contribution in [0.3, 0.4) is 0 Å². The Morgan fingerprint density at radius 2 is 2.00 bits per heavy atom. The molecule has 0 spiro atoms. The Morgan fingerprint density at radius 1 is 1.35 bits per heavy atom. The van der Waals surface area contributed by atoms with Crippen LogP contribution < -0.4 is 5.32 Å². The van der Waals surface area contributed by atoms with Crippen molar-refractivity contribution in [2.75, 3.05) is 19.6 Å². The van der Waals surface area contributed by atoms with Crippen LogP contribution in [0, 0.1) is 5.92 Å². The number of nitrogens with zero attached hydrogens (tertiary/aromatic N) is 1. The van der Waals surface area contributed by atoms with Crippen LogP contribution in [0.15, 0.2) is 0 Å². The SMILES string of the molecule is CCC(C)C1CN(CCCC(F)(F)F)C(C)(CC)CN1. The summed E-state index contributed by atoms with van der Waals surface area (Å²) in [5, 5.41) is 3.58. The summed E-state index contributed by atoms with van der Waals surface area (Å²) in [7, 11) is 0. The lowest BCUT2D eigenvalue weighted by Gasteiger charge is -2.49. The summed E-state index contributed by atoms with van der Waals surface area (Å²) >= 11 is 0. The van der Waals surface area contributed by atoms with Crippen molar-refractivity contribution in [3.63, 3.8) is 0 Å². The van der Waals surface area contributed by atoms with Crippen LogP contribution >= 0.6 is 0 Å². The van der Waals surface area contributed by atoms with Gasteiger partial charge in [-0.2, -0.15) is 13.2 Å². The standard InChI is InChI=1S/C15H29F3N2/c1-5-12(3)13-10-20(9-7-8-15(16,17)18)14(4,6-2)11-19-13/h12-13,19H,5-11H2,1-4H3. The molecule has 2 nitrogen and oxygen atoms in total. The van der Waals surface area contributed by atoms with Crippen LogP contribution in [0.1, 0.15) is 53.4 Å². The third kappa shape index (κ3) is 4.92. The molecule has 1 rings (SSSR count). The van der Waals surface area contributed by atoms with Crippen molar-refractivity contribution >= 4 is 0 Å². The third-order valence-electron chi connectivity index (χ3n) is 4.91. The first-order valence-electron chi connectivity index (χ1n) is 7.77. The van der Waals surface area contributed by atoms with Crippen molar-refractivity contribution in [2.45, 2.75) is 71.1 Å². The highest BCUT2D eigenvalue weighted by Crippen LogP contribution is 2.28. The van der Waals surface area contributed by atoms with Crippen LogP contribution in [-0.4, -0.2) is 42.3 Å². The molecule has 1 saturated heterocycles. The number of hydrogen-bond donors (Lipinski definition) is 1. The van der Waals surface area contributed by atoms with Gasteiger partial charge in [-0.15, -0.1) is 0 Å². The van der Waals surface area contributed by atoms with Gasteiger partial charge in [0.25, 0.3) is 0 Å². The highest BCUT2D eigenvalue weighted by atomic mass is 19.4. The summed E-state index contributed by atoms with van der Waals surface area (Å²) in [5.74, 6) is 0.557. The molecule has 0 aromatic heterocycles. The second-order valence-corrected chi connectivity index (χ2v) is 6.39. The van der Waals surface area contributed by atoms with Crippen LogP contribution in [-0.2, 0) is 0 Å². The zero-order chi connectivity index (χ0) is 15.4. The monoisotopic (exact) mass is 294 g/mol. The maximum Gasteiger partial charge on any atom is 0.389 e. The van der Waals surface area contributed by atoms with E-state index in [-0.39, 0.29) is 12.0 Å². The van der Waals surface area contributed by atoms with E-state index in [2.05, 4.69) is 37.9 Å². The van der Waals surface area contributed by atoms with Gasteiger partial charge < -0.3 is 5.32 Å². The van der Waals surface area contributed by atoms with Gasteiger partial charge in [0.2, 0.25) is 0 Å². The van der Waals surface area contributed by atoms with Gasteiger partial charge in [-0.3, -0.25) is 4.90 Å². The molecule has 1 N–H and O–H groups in total. The Bertz CT molecular complexity index is 293. The van der Waals surface area contributed by atoms with Gasteiger partial charge in [-0.1, -0.05) is 27.2 Å². The maximum atomic E-state index is 12.3. The molecule has 120 valence electrons. The first-order chi connectivity index (χ1) is 9.22. The van der Waals surface area contributed by atoms with E-state index in [4.69, 9.17) is 0 Å².